The second-order valence-electron chi connectivity index (χ2n) is 6.30. The van der Waals surface area contributed by atoms with Gasteiger partial charge in [0.1, 0.15) is 0 Å². The van der Waals surface area contributed by atoms with E-state index in [9.17, 15) is 0 Å². The molecule has 1 saturated carbocycles. The first-order valence-corrected chi connectivity index (χ1v) is 9.22. The third-order valence-electron chi connectivity index (χ3n) is 4.90. The van der Waals surface area contributed by atoms with Gasteiger partial charge in [0.05, 0.1) is 0 Å². The Hall–Kier alpha value is -0.0900. The quantitative estimate of drug-likeness (QED) is 0.678. The summed E-state index contributed by atoms with van der Waals surface area (Å²) in [4.78, 5) is 0. The van der Waals surface area contributed by atoms with Crippen LogP contribution in [0.2, 0.25) is 0 Å². The number of benzene rings is 1. The Morgan fingerprint density at radius 3 is 2.35 bits per heavy atom. The first kappa shape index (κ1) is 16.3. The van der Waals surface area contributed by atoms with Gasteiger partial charge in [-0.3, -0.25) is 0 Å². The molecule has 1 fully saturated rings. The summed E-state index contributed by atoms with van der Waals surface area (Å²) in [7, 11) is 2.13. The summed E-state index contributed by atoms with van der Waals surface area (Å²) < 4.78 is 1.33. The van der Waals surface area contributed by atoms with E-state index in [4.69, 9.17) is 0 Å². The second kappa shape index (κ2) is 8.38. The molecule has 0 aromatic heterocycles. The van der Waals surface area contributed by atoms with E-state index in [2.05, 4.69) is 66.1 Å². The first-order chi connectivity index (χ1) is 9.72. The molecule has 1 unspecified atom stereocenters. The van der Waals surface area contributed by atoms with Crippen molar-refractivity contribution in [3.8, 4) is 0 Å². The van der Waals surface area contributed by atoms with E-state index < -0.39 is 0 Å². The largest absolute Gasteiger partial charge is 0.316 e. The van der Waals surface area contributed by atoms with Crippen LogP contribution in [0.1, 0.15) is 51.0 Å². The zero-order valence-corrected chi connectivity index (χ0v) is 15.0. The van der Waals surface area contributed by atoms with Gasteiger partial charge >= 0.3 is 0 Å². The zero-order chi connectivity index (χ0) is 14.4. The van der Waals surface area contributed by atoms with Crippen molar-refractivity contribution >= 4 is 22.6 Å². The van der Waals surface area contributed by atoms with Crippen LogP contribution in [0.4, 0.5) is 0 Å². The second-order valence-corrected chi connectivity index (χ2v) is 7.54. The lowest BCUT2D eigenvalue weighted by Crippen LogP contribution is -2.37. The van der Waals surface area contributed by atoms with Gasteiger partial charge in [0.15, 0.2) is 0 Å². The highest BCUT2D eigenvalue weighted by Crippen LogP contribution is 2.34. The Morgan fingerprint density at radius 1 is 1.15 bits per heavy atom. The van der Waals surface area contributed by atoms with Gasteiger partial charge in [-0.05, 0) is 78.4 Å². The standard InChI is InChI=1S/C18H28IN/c1-3-4-14-5-9-16(10-6-14)18(20-2)13-15-7-11-17(19)12-8-15/h7-8,11-12,14,16,18,20H,3-6,9-10,13H2,1-2H3. The van der Waals surface area contributed by atoms with Crippen LogP contribution in [0, 0.1) is 15.4 Å². The maximum atomic E-state index is 3.58. The lowest BCUT2D eigenvalue weighted by molar-refractivity contribution is 0.217. The SMILES string of the molecule is CCCC1CCC(C(Cc2ccc(I)cc2)NC)CC1. The summed E-state index contributed by atoms with van der Waals surface area (Å²) in [6, 6.07) is 9.67. The minimum Gasteiger partial charge on any atom is -0.316 e. The molecular formula is C18H28IN. The molecule has 0 saturated heterocycles. The predicted molar refractivity (Wildman–Crippen MR) is 96.1 cm³/mol. The molecule has 1 aromatic carbocycles. The fourth-order valence-electron chi connectivity index (χ4n) is 3.67. The smallest absolute Gasteiger partial charge is 0.0133 e. The summed E-state index contributed by atoms with van der Waals surface area (Å²) in [6.45, 7) is 2.32. The van der Waals surface area contributed by atoms with Crippen LogP contribution in [0.25, 0.3) is 0 Å². The number of halogens is 1. The monoisotopic (exact) mass is 385 g/mol. The molecular weight excluding hydrogens is 357 g/mol. The van der Waals surface area contributed by atoms with Crippen molar-refractivity contribution in [3.63, 3.8) is 0 Å². The highest BCUT2D eigenvalue weighted by molar-refractivity contribution is 14.1. The maximum absolute atomic E-state index is 3.58. The summed E-state index contributed by atoms with van der Waals surface area (Å²) in [5.41, 5.74) is 1.47. The Kier molecular flexibility index (Phi) is 6.82. The molecule has 0 heterocycles. The van der Waals surface area contributed by atoms with Gasteiger partial charge < -0.3 is 5.32 Å². The van der Waals surface area contributed by atoms with Crippen LogP contribution in [0.5, 0.6) is 0 Å². The molecule has 0 aliphatic heterocycles. The van der Waals surface area contributed by atoms with Gasteiger partial charge in [0.2, 0.25) is 0 Å². The average Bonchev–Trinajstić information content (AvgIpc) is 2.48. The third kappa shape index (κ3) is 4.73. The Balaban J connectivity index is 1.87. The van der Waals surface area contributed by atoms with Crippen molar-refractivity contribution in [2.24, 2.45) is 11.8 Å². The predicted octanol–water partition coefficient (Wildman–Crippen LogP) is 5.03. The molecule has 1 aliphatic carbocycles. The van der Waals surface area contributed by atoms with Crippen molar-refractivity contribution in [1.29, 1.82) is 0 Å². The zero-order valence-electron chi connectivity index (χ0n) is 12.9. The number of nitrogens with one attached hydrogen (secondary N) is 1. The number of hydrogen-bond donors (Lipinski definition) is 1. The molecule has 1 nitrogen and oxygen atoms in total. The molecule has 1 aliphatic rings. The highest BCUT2D eigenvalue weighted by atomic mass is 127. The summed E-state index contributed by atoms with van der Waals surface area (Å²) in [5.74, 6) is 1.87. The summed E-state index contributed by atoms with van der Waals surface area (Å²) >= 11 is 2.38. The Bertz CT molecular complexity index is 379. The number of rotatable bonds is 6. The van der Waals surface area contributed by atoms with E-state index in [1.54, 1.807) is 0 Å². The van der Waals surface area contributed by atoms with Crippen molar-refractivity contribution in [2.75, 3.05) is 7.05 Å². The van der Waals surface area contributed by atoms with Gasteiger partial charge in [-0.25, -0.2) is 0 Å². The lowest BCUT2D eigenvalue weighted by Gasteiger charge is -2.34. The molecule has 1 atom stereocenters. The maximum Gasteiger partial charge on any atom is 0.0133 e. The molecule has 2 rings (SSSR count). The molecule has 112 valence electrons. The van der Waals surface area contributed by atoms with Crippen LogP contribution in [0.15, 0.2) is 24.3 Å². The molecule has 2 heteroatoms. The van der Waals surface area contributed by atoms with E-state index in [1.165, 1.54) is 54.1 Å². The lowest BCUT2D eigenvalue weighted by atomic mass is 9.76. The third-order valence-corrected chi connectivity index (χ3v) is 5.62. The minimum atomic E-state index is 0.651. The molecule has 1 N–H and O–H groups in total. The Morgan fingerprint density at radius 2 is 1.80 bits per heavy atom. The fraction of sp³-hybridized carbons (Fsp3) is 0.667. The van der Waals surface area contributed by atoms with Crippen LogP contribution < -0.4 is 5.32 Å². The highest BCUT2D eigenvalue weighted by Gasteiger charge is 2.26. The molecule has 0 amide bonds. The fourth-order valence-corrected chi connectivity index (χ4v) is 4.03. The van der Waals surface area contributed by atoms with Crippen molar-refractivity contribution < 1.29 is 0 Å². The van der Waals surface area contributed by atoms with E-state index in [-0.39, 0.29) is 0 Å². The van der Waals surface area contributed by atoms with Crippen LogP contribution in [-0.2, 0) is 6.42 Å². The summed E-state index contributed by atoms with van der Waals surface area (Å²) in [5, 5.41) is 3.58. The van der Waals surface area contributed by atoms with Gasteiger partial charge in [-0.2, -0.15) is 0 Å². The molecule has 0 radical (unpaired) electrons. The number of hydrogen-bond acceptors (Lipinski definition) is 1. The van der Waals surface area contributed by atoms with Crippen molar-refractivity contribution in [1.82, 2.24) is 5.32 Å². The van der Waals surface area contributed by atoms with Gasteiger partial charge in [-0.1, -0.05) is 44.7 Å². The van der Waals surface area contributed by atoms with Gasteiger partial charge in [0.25, 0.3) is 0 Å². The molecule has 1 aromatic rings. The first-order valence-electron chi connectivity index (χ1n) is 8.14. The van der Waals surface area contributed by atoms with Crippen LogP contribution >= 0.6 is 22.6 Å². The minimum absolute atomic E-state index is 0.651. The van der Waals surface area contributed by atoms with Crippen LogP contribution in [0.3, 0.4) is 0 Å². The Labute approximate surface area is 138 Å². The van der Waals surface area contributed by atoms with E-state index in [0.29, 0.717) is 6.04 Å². The molecule has 20 heavy (non-hydrogen) atoms. The van der Waals surface area contributed by atoms with E-state index in [1.807, 2.05) is 0 Å². The average molecular weight is 385 g/mol. The van der Waals surface area contributed by atoms with Crippen molar-refractivity contribution in [3.05, 3.63) is 33.4 Å². The van der Waals surface area contributed by atoms with Gasteiger partial charge in [-0.15, -0.1) is 0 Å². The molecule has 0 spiro atoms. The number of likely N-dealkylation sites (N-methyl/N-ethyl adjacent to an activating group) is 1. The topological polar surface area (TPSA) is 12.0 Å². The van der Waals surface area contributed by atoms with E-state index >= 15 is 0 Å². The summed E-state index contributed by atoms with van der Waals surface area (Å²) in [6.07, 6.45) is 9.70. The van der Waals surface area contributed by atoms with Crippen molar-refractivity contribution in [2.45, 2.75) is 57.9 Å². The van der Waals surface area contributed by atoms with Crippen LogP contribution in [-0.4, -0.2) is 13.1 Å². The normalized spacial score (nSPS) is 24.6. The van der Waals surface area contributed by atoms with E-state index in [0.717, 1.165) is 11.8 Å². The van der Waals surface area contributed by atoms with Gasteiger partial charge in [0, 0.05) is 9.61 Å². The molecule has 0 bridgehead atoms.